The fraction of sp³-hybridized carbons (Fsp3) is 0.310. The van der Waals surface area contributed by atoms with Gasteiger partial charge < -0.3 is 10.2 Å². The number of thiophene rings is 1. The molecule has 0 aliphatic carbocycles. The number of halogens is 3. The highest BCUT2D eigenvalue weighted by molar-refractivity contribution is 7.10. The van der Waals surface area contributed by atoms with Crippen molar-refractivity contribution in [1.82, 2.24) is 19.6 Å². The number of nitrogens with one attached hydrogen (secondary N) is 1. The average molecular weight is 552 g/mol. The number of nitrogens with zero attached hydrogens (tertiary/aromatic N) is 4. The summed E-state index contributed by atoms with van der Waals surface area (Å²) >= 11 is 1.40. The lowest BCUT2D eigenvalue weighted by Gasteiger charge is -2.40. The molecule has 39 heavy (non-hydrogen) atoms. The standard InChI is InChI=1S/C29H28F3N5OS/c30-29(31,32)25-18-23(24-12-7-17-39-24)34-27-22(19-33-37(25)27)28(38)36-15-13-35(14-16-36)26(20-8-3-1-4-9-20)21-10-5-2-6-11-21/h1-12,17,19,23,25-26,34H,13-16,18H2/t23-,25+/m1/s1. The predicted octanol–water partition coefficient (Wildman–Crippen LogP) is 6.15. The van der Waals surface area contributed by atoms with Crippen LogP contribution >= 0.6 is 11.3 Å². The van der Waals surface area contributed by atoms with E-state index in [1.165, 1.54) is 28.7 Å². The molecule has 1 fully saturated rings. The van der Waals surface area contributed by atoms with Crippen molar-refractivity contribution in [3.63, 3.8) is 0 Å². The second-order valence-corrected chi connectivity index (χ2v) is 10.9. The van der Waals surface area contributed by atoms with Crippen LogP contribution in [0.3, 0.4) is 0 Å². The number of rotatable bonds is 5. The molecular formula is C29H28F3N5OS. The van der Waals surface area contributed by atoms with Crippen molar-refractivity contribution in [1.29, 1.82) is 0 Å². The molecule has 1 amide bonds. The van der Waals surface area contributed by atoms with Crippen LogP contribution in [-0.2, 0) is 0 Å². The van der Waals surface area contributed by atoms with Crippen LogP contribution < -0.4 is 5.32 Å². The van der Waals surface area contributed by atoms with Gasteiger partial charge in [0.2, 0.25) is 0 Å². The number of benzene rings is 2. The molecule has 6 rings (SSSR count). The Bertz CT molecular complexity index is 1360. The molecule has 2 aromatic carbocycles. The number of hydrogen-bond donors (Lipinski definition) is 1. The number of fused-ring (bicyclic) bond motifs is 1. The highest BCUT2D eigenvalue weighted by atomic mass is 32.1. The summed E-state index contributed by atoms with van der Waals surface area (Å²) in [5, 5.41) is 9.07. The molecule has 0 radical (unpaired) electrons. The maximum Gasteiger partial charge on any atom is 0.410 e. The second kappa shape index (κ2) is 10.5. The largest absolute Gasteiger partial charge is 0.410 e. The van der Waals surface area contributed by atoms with Gasteiger partial charge in [-0.05, 0) is 22.6 Å². The molecule has 0 saturated carbocycles. The minimum atomic E-state index is -4.48. The molecule has 0 unspecified atom stereocenters. The third-order valence-electron chi connectivity index (χ3n) is 7.55. The van der Waals surface area contributed by atoms with E-state index in [0.29, 0.717) is 26.2 Å². The van der Waals surface area contributed by atoms with Crippen LogP contribution in [0.5, 0.6) is 0 Å². The van der Waals surface area contributed by atoms with Crippen molar-refractivity contribution in [3.8, 4) is 0 Å². The van der Waals surface area contributed by atoms with Gasteiger partial charge in [-0.3, -0.25) is 9.69 Å². The number of anilines is 1. The zero-order valence-corrected chi connectivity index (χ0v) is 21.9. The van der Waals surface area contributed by atoms with Gasteiger partial charge in [0, 0.05) is 37.5 Å². The van der Waals surface area contributed by atoms with Crippen LogP contribution in [0.15, 0.2) is 84.4 Å². The van der Waals surface area contributed by atoms with E-state index in [4.69, 9.17) is 0 Å². The fourth-order valence-electron chi connectivity index (χ4n) is 5.63. The molecule has 0 spiro atoms. The molecule has 2 atom stereocenters. The van der Waals surface area contributed by atoms with Crippen molar-refractivity contribution < 1.29 is 18.0 Å². The summed E-state index contributed by atoms with van der Waals surface area (Å²) < 4.78 is 43.0. The van der Waals surface area contributed by atoms with E-state index in [9.17, 15) is 18.0 Å². The minimum absolute atomic E-state index is 0.0503. The summed E-state index contributed by atoms with van der Waals surface area (Å²) in [6.07, 6.45) is -3.37. The molecule has 1 N–H and O–H groups in total. The van der Waals surface area contributed by atoms with E-state index in [-0.39, 0.29) is 29.8 Å². The lowest BCUT2D eigenvalue weighted by molar-refractivity contribution is -0.173. The fourth-order valence-corrected chi connectivity index (χ4v) is 6.42. The molecule has 2 aliphatic rings. The summed E-state index contributed by atoms with van der Waals surface area (Å²) in [5.74, 6) is -0.159. The van der Waals surface area contributed by atoms with E-state index >= 15 is 0 Å². The van der Waals surface area contributed by atoms with E-state index in [2.05, 4.69) is 39.6 Å². The number of carbonyl (C=O) groups is 1. The number of aromatic nitrogens is 2. The zero-order chi connectivity index (χ0) is 27.0. The maximum atomic E-state index is 14.0. The number of carbonyl (C=O) groups excluding carboxylic acids is 1. The van der Waals surface area contributed by atoms with E-state index in [0.717, 1.165) is 9.56 Å². The SMILES string of the molecule is O=C(c1cnn2c1N[C@@H](c1cccs1)C[C@H]2C(F)(F)F)N1CCN(C(c2ccccc2)c2ccccc2)CC1. The Kier molecular flexibility index (Phi) is 6.90. The van der Waals surface area contributed by atoms with Crippen LogP contribution in [0.25, 0.3) is 0 Å². The van der Waals surface area contributed by atoms with Crippen LogP contribution in [0.1, 0.15) is 50.9 Å². The highest BCUT2D eigenvalue weighted by Gasteiger charge is 2.47. The van der Waals surface area contributed by atoms with Gasteiger partial charge in [-0.1, -0.05) is 66.7 Å². The first-order valence-corrected chi connectivity index (χ1v) is 13.9. The van der Waals surface area contributed by atoms with Crippen molar-refractivity contribution in [2.24, 2.45) is 0 Å². The molecular weight excluding hydrogens is 523 g/mol. The summed E-state index contributed by atoms with van der Waals surface area (Å²) in [6, 6.07) is 21.9. The molecule has 4 heterocycles. The van der Waals surface area contributed by atoms with Crippen molar-refractivity contribution in [2.45, 2.75) is 30.7 Å². The molecule has 2 aromatic heterocycles. The topological polar surface area (TPSA) is 53.4 Å². The Morgan fingerprint density at radius 2 is 1.56 bits per heavy atom. The number of amides is 1. The monoisotopic (exact) mass is 551 g/mol. The van der Waals surface area contributed by atoms with Crippen LogP contribution in [0, 0.1) is 0 Å². The first kappa shape index (κ1) is 25.6. The van der Waals surface area contributed by atoms with E-state index in [1.807, 2.05) is 53.9 Å². The molecule has 4 aromatic rings. The Morgan fingerprint density at radius 1 is 0.923 bits per heavy atom. The molecule has 1 saturated heterocycles. The lowest BCUT2D eigenvalue weighted by Crippen LogP contribution is -2.50. The third-order valence-corrected chi connectivity index (χ3v) is 8.54. The summed E-state index contributed by atoms with van der Waals surface area (Å²) in [4.78, 5) is 18.5. The number of piperazine rings is 1. The quantitative estimate of drug-likeness (QED) is 0.323. The number of hydrogen-bond acceptors (Lipinski definition) is 5. The zero-order valence-electron chi connectivity index (χ0n) is 21.1. The normalized spacial score (nSPS) is 20.1. The van der Waals surface area contributed by atoms with E-state index in [1.54, 1.807) is 4.90 Å². The first-order valence-electron chi connectivity index (χ1n) is 13.0. The molecule has 6 nitrogen and oxygen atoms in total. The van der Waals surface area contributed by atoms with Gasteiger partial charge >= 0.3 is 6.18 Å². The average Bonchev–Trinajstić information content (AvgIpc) is 3.64. The van der Waals surface area contributed by atoms with Crippen molar-refractivity contribution in [2.75, 3.05) is 31.5 Å². The van der Waals surface area contributed by atoms with E-state index < -0.39 is 18.3 Å². The van der Waals surface area contributed by atoms with Crippen LogP contribution in [-0.4, -0.2) is 57.8 Å². The van der Waals surface area contributed by atoms with Gasteiger partial charge in [0.05, 0.1) is 18.3 Å². The summed E-state index contributed by atoms with van der Waals surface area (Å²) in [6.45, 7) is 2.22. The molecule has 10 heteroatoms. The Balaban J connectivity index is 1.22. The third kappa shape index (κ3) is 5.06. The van der Waals surface area contributed by atoms with Gasteiger partial charge in [-0.15, -0.1) is 11.3 Å². The van der Waals surface area contributed by atoms with Crippen molar-refractivity contribution >= 4 is 23.1 Å². The molecule has 2 aliphatic heterocycles. The van der Waals surface area contributed by atoms with Gasteiger partial charge in [-0.25, -0.2) is 4.68 Å². The molecule has 0 bridgehead atoms. The first-order chi connectivity index (χ1) is 18.9. The Labute approximate surface area is 228 Å². The number of alkyl halides is 3. The van der Waals surface area contributed by atoms with Crippen LogP contribution in [0.2, 0.25) is 0 Å². The maximum absolute atomic E-state index is 14.0. The smallest absolute Gasteiger partial charge is 0.362 e. The van der Waals surface area contributed by atoms with Gasteiger partial charge in [-0.2, -0.15) is 18.3 Å². The minimum Gasteiger partial charge on any atom is -0.362 e. The van der Waals surface area contributed by atoms with Gasteiger partial charge in [0.15, 0.2) is 6.04 Å². The molecule has 202 valence electrons. The van der Waals surface area contributed by atoms with Gasteiger partial charge in [0.1, 0.15) is 11.4 Å². The summed E-state index contributed by atoms with van der Waals surface area (Å²) in [5.41, 5.74) is 2.54. The van der Waals surface area contributed by atoms with Crippen LogP contribution in [0.4, 0.5) is 19.0 Å². The predicted molar refractivity (Wildman–Crippen MR) is 145 cm³/mol. The Hall–Kier alpha value is -3.63. The van der Waals surface area contributed by atoms with Gasteiger partial charge in [0.25, 0.3) is 5.91 Å². The lowest BCUT2D eigenvalue weighted by atomic mass is 9.96. The Morgan fingerprint density at radius 3 is 2.13 bits per heavy atom. The summed E-state index contributed by atoms with van der Waals surface area (Å²) in [7, 11) is 0. The second-order valence-electron chi connectivity index (χ2n) is 9.91. The highest BCUT2D eigenvalue weighted by Crippen LogP contribution is 2.45. The van der Waals surface area contributed by atoms with Crippen molar-refractivity contribution in [3.05, 3.63) is 106 Å².